The molecular formula is C14H25NO3. The molecule has 0 aliphatic heterocycles. The summed E-state index contributed by atoms with van der Waals surface area (Å²) in [5, 5.41) is 9.13. The standard InChI is InChI=1S/C14H25NO3/c1-9(2)8-10(3)15(4)13(16)11-6-5-7-12(11)14(17)18/h9-12H,5-8H2,1-4H3,(H,17,18)/t10?,11-,12+/m1/s1. The van der Waals surface area contributed by atoms with Gasteiger partial charge in [-0.15, -0.1) is 0 Å². The molecule has 1 N–H and O–H groups in total. The molecule has 1 unspecified atom stereocenters. The normalized spacial score (nSPS) is 25.2. The minimum absolute atomic E-state index is 0.00745. The van der Waals surface area contributed by atoms with Gasteiger partial charge in [0.1, 0.15) is 0 Å². The second-order valence-electron chi connectivity index (χ2n) is 5.91. The zero-order valence-electron chi connectivity index (χ0n) is 11.8. The van der Waals surface area contributed by atoms with Crippen LogP contribution in [-0.4, -0.2) is 35.0 Å². The fourth-order valence-electron chi connectivity index (χ4n) is 2.87. The van der Waals surface area contributed by atoms with E-state index in [1.54, 1.807) is 11.9 Å². The van der Waals surface area contributed by atoms with E-state index in [0.717, 1.165) is 12.8 Å². The molecule has 104 valence electrons. The van der Waals surface area contributed by atoms with E-state index in [1.807, 2.05) is 6.92 Å². The average Bonchev–Trinajstić information content (AvgIpc) is 2.74. The predicted molar refractivity (Wildman–Crippen MR) is 70.2 cm³/mol. The number of amides is 1. The number of carbonyl (C=O) groups is 2. The van der Waals surface area contributed by atoms with Gasteiger partial charge in [-0.2, -0.15) is 0 Å². The maximum Gasteiger partial charge on any atom is 0.307 e. The van der Waals surface area contributed by atoms with Crippen molar-refractivity contribution < 1.29 is 14.7 Å². The van der Waals surface area contributed by atoms with Crippen LogP contribution in [-0.2, 0) is 9.59 Å². The second-order valence-corrected chi connectivity index (χ2v) is 5.91. The Hall–Kier alpha value is -1.06. The molecule has 0 heterocycles. The fourth-order valence-corrected chi connectivity index (χ4v) is 2.87. The van der Waals surface area contributed by atoms with Crippen molar-refractivity contribution in [2.75, 3.05) is 7.05 Å². The number of aliphatic carboxylic acids is 1. The predicted octanol–water partition coefficient (Wildman–Crippen LogP) is 2.38. The summed E-state index contributed by atoms with van der Waals surface area (Å²) < 4.78 is 0. The van der Waals surface area contributed by atoms with Crippen LogP contribution in [0.5, 0.6) is 0 Å². The smallest absolute Gasteiger partial charge is 0.307 e. The van der Waals surface area contributed by atoms with Crippen molar-refractivity contribution in [2.45, 2.75) is 52.5 Å². The molecule has 1 saturated carbocycles. The molecule has 4 heteroatoms. The molecule has 1 aliphatic rings. The van der Waals surface area contributed by atoms with Gasteiger partial charge in [-0.05, 0) is 32.1 Å². The number of hydrogen-bond acceptors (Lipinski definition) is 2. The van der Waals surface area contributed by atoms with Crippen molar-refractivity contribution in [3.8, 4) is 0 Å². The van der Waals surface area contributed by atoms with Crippen molar-refractivity contribution in [1.82, 2.24) is 4.90 Å². The highest BCUT2D eigenvalue weighted by Gasteiger charge is 2.39. The summed E-state index contributed by atoms with van der Waals surface area (Å²) in [4.78, 5) is 25.2. The molecule has 0 aromatic rings. The zero-order valence-corrected chi connectivity index (χ0v) is 11.8. The van der Waals surface area contributed by atoms with E-state index in [2.05, 4.69) is 13.8 Å². The van der Waals surface area contributed by atoms with E-state index < -0.39 is 11.9 Å². The monoisotopic (exact) mass is 255 g/mol. The Morgan fingerprint density at radius 2 is 1.78 bits per heavy atom. The molecule has 0 bridgehead atoms. The number of carboxylic acid groups (broad SMARTS) is 1. The van der Waals surface area contributed by atoms with Crippen molar-refractivity contribution >= 4 is 11.9 Å². The van der Waals surface area contributed by atoms with Crippen LogP contribution in [0.15, 0.2) is 0 Å². The molecule has 1 aliphatic carbocycles. The van der Waals surface area contributed by atoms with Gasteiger partial charge in [-0.3, -0.25) is 9.59 Å². The molecule has 3 atom stereocenters. The molecule has 0 saturated heterocycles. The Labute approximate surface area is 109 Å². The van der Waals surface area contributed by atoms with E-state index in [1.165, 1.54) is 0 Å². The van der Waals surface area contributed by atoms with E-state index in [9.17, 15) is 9.59 Å². The lowest BCUT2D eigenvalue weighted by molar-refractivity contribution is -0.149. The number of hydrogen-bond donors (Lipinski definition) is 1. The topological polar surface area (TPSA) is 57.6 Å². The van der Waals surface area contributed by atoms with Crippen molar-refractivity contribution in [2.24, 2.45) is 17.8 Å². The molecule has 0 radical (unpaired) electrons. The zero-order chi connectivity index (χ0) is 13.9. The summed E-state index contributed by atoms with van der Waals surface area (Å²) in [7, 11) is 1.80. The molecule has 4 nitrogen and oxygen atoms in total. The lowest BCUT2D eigenvalue weighted by Gasteiger charge is -2.30. The van der Waals surface area contributed by atoms with Gasteiger partial charge in [0, 0.05) is 13.1 Å². The van der Waals surface area contributed by atoms with Crippen LogP contribution < -0.4 is 0 Å². The second kappa shape index (κ2) is 6.21. The first kappa shape index (κ1) is 15.0. The fraction of sp³-hybridized carbons (Fsp3) is 0.857. The summed E-state index contributed by atoms with van der Waals surface area (Å²) >= 11 is 0. The van der Waals surface area contributed by atoms with Crippen molar-refractivity contribution in [3.05, 3.63) is 0 Å². The first-order valence-corrected chi connectivity index (χ1v) is 6.84. The highest BCUT2D eigenvalue weighted by Crippen LogP contribution is 2.33. The number of carboxylic acids is 1. The van der Waals surface area contributed by atoms with Gasteiger partial charge in [0.25, 0.3) is 0 Å². The summed E-state index contributed by atoms with van der Waals surface area (Å²) in [6.45, 7) is 6.29. The van der Waals surface area contributed by atoms with Gasteiger partial charge < -0.3 is 10.0 Å². The van der Waals surface area contributed by atoms with Crippen LogP contribution in [0, 0.1) is 17.8 Å². The molecule has 0 spiro atoms. The highest BCUT2D eigenvalue weighted by atomic mass is 16.4. The van der Waals surface area contributed by atoms with Gasteiger partial charge in [0.05, 0.1) is 11.8 Å². The summed E-state index contributed by atoms with van der Waals surface area (Å²) in [5.74, 6) is -1.08. The number of carbonyl (C=O) groups excluding carboxylic acids is 1. The Kier molecular flexibility index (Phi) is 5.17. The molecule has 1 rings (SSSR count). The third kappa shape index (κ3) is 3.47. The van der Waals surface area contributed by atoms with Crippen molar-refractivity contribution in [3.63, 3.8) is 0 Å². The maximum atomic E-state index is 12.3. The minimum Gasteiger partial charge on any atom is -0.481 e. The van der Waals surface area contributed by atoms with Crippen LogP contribution in [0.4, 0.5) is 0 Å². The van der Waals surface area contributed by atoms with Gasteiger partial charge in [-0.25, -0.2) is 0 Å². The van der Waals surface area contributed by atoms with Crippen LogP contribution in [0.3, 0.4) is 0 Å². The third-order valence-corrected chi connectivity index (χ3v) is 3.97. The quantitative estimate of drug-likeness (QED) is 0.820. The lowest BCUT2D eigenvalue weighted by Crippen LogP contribution is -2.42. The number of rotatable bonds is 5. The Morgan fingerprint density at radius 3 is 2.28 bits per heavy atom. The van der Waals surface area contributed by atoms with E-state index >= 15 is 0 Å². The van der Waals surface area contributed by atoms with Gasteiger partial charge in [0.15, 0.2) is 0 Å². The van der Waals surface area contributed by atoms with Crippen LogP contribution in [0.2, 0.25) is 0 Å². The number of nitrogens with zero attached hydrogens (tertiary/aromatic N) is 1. The lowest BCUT2D eigenvalue weighted by atomic mass is 9.93. The summed E-state index contributed by atoms with van der Waals surface area (Å²) in [6.07, 6.45) is 3.15. The minimum atomic E-state index is -0.823. The Morgan fingerprint density at radius 1 is 1.22 bits per heavy atom. The highest BCUT2D eigenvalue weighted by molar-refractivity contribution is 5.85. The average molecular weight is 255 g/mol. The Bertz CT molecular complexity index is 314. The molecule has 1 fully saturated rings. The van der Waals surface area contributed by atoms with E-state index in [4.69, 9.17) is 5.11 Å². The molecule has 0 aromatic carbocycles. The van der Waals surface area contributed by atoms with E-state index in [-0.39, 0.29) is 17.9 Å². The first-order valence-electron chi connectivity index (χ1n) is 6.84. The maximum absolute atomic E-state index is 12.3. The van der Waals surface area contributed by atoms with Gasteiger partial charge in [0.2, 0.25) is 5.91 Å². The Balaban J connectivity index is 2.65. The van der Waals surface area contributed by atoms with E-state index in [0.29, 0.717) is 18.8 Å². The molecule has 18 heavy (non-hydrogen) atoms. The SMILES string of the molecule is CC(C)CC(C)N(C)C(=O)[C@@H]1CCC[C@@H]1C(=O)O. The third-order valence-electron chi connectivity index (χ3n) is 3.97. The molecule has 1 amide bonds. The summed E-state index contributed by atoms with van der Waals surface area (Å²) in [6, 6.07) is 0.174. The summed E-state index contributed by atoms with van der Waals surface area (Å²) in [5.41, 5.74) is 0. The first-order chi connectivity index (χ1) is 8.34. The van der Waals surface area contributed by atoms with Crippen LogP contribution in [0.1, 0.15) is 46.5 Å². The van der Waals surface area contributed by atoms with Crippen LogP contribution in [0.25, 0.3) is 0 Å². The largest absolute Gasteiger partial charge is 0.481 e. The molecular weight excluding hydrogens is 230 g/mol. The van der Waals surface area contributed by atoms with Crippen molar-refractivity contribution in [1.29, 1.82) is 0 Å². The molecule has 0 aromatic heterocycles. The van der Waals surface area contributed by atoms with Gasteiger partial charge >= 0.3 is 5.97 Å². The van der Waals surface area contributed by atoms with Crippen LogP contribution >= 0.6 is 0 Å². The van der Waals surface area contributed by atoms with Gasteiger partial charge in [-0.1, -0.05) is 20.3 Å².